The van der Waals surface area contributed by atoms with Crippen LogP contribution in [-0.4, -0.2) is 45.8 Å². The minimum absolute atomic E-state index is 0. The highest BCUT2D eigenvalue weighted by Gasteiger charge is 2.29. The van der Waals surface area contributed by atoms with E-state index in [9.17, 15) is 0 Å². The molecular formula is C17H29ClN2O2. The second kappa shape index (κ2) is 8.04. The Kier molecular flexibility index (Phi) is 6.98. The summed E-state index contributed by atoms with van der Waals surface area (Å²) in [5, 5.41) is 3.46. The van der Waals surface area contributed by atoms with Crippen LogP contribution in [0.2, 0.25) is 0 Å². The van der Waals surface area contributed by atoms with E-state index in [4.69, 9.17) is 9.47 Å². The molecule has 1 atom stereocenters. The summed E-state index contributed by atoms with van der Waals surface area (Å²) in [6.45, 7) is 8.78. The van der Waals surface area contributed by atoms with Crippen LogP contribution in [0.25, 0.3) is 0 Å². The Hall–Kier alpha value is -0.970. The topological polar surface area (TPSA) is 33.7 Å². The second-order valence-corrected chi connectivity index (χ2v) is 6.54. The van der Waals surface area contributed by atoms with Gasteiger partial charge in [0.25, 0.3) is 0 Å². The van der Waals surface area contributed by atoms with Crippen molar-refractivity contribution in [1.29, 1.82) is 0 Å². The Labute approximate surface area is 140 Å². The van der Waals surface area contributed by atoms with Crippen LogP contribution in [0.3, 0.4) is 0 Å². The zero-order valence-electron chi connectivity index (χ0n) is 14.4. The highest BCUT2D eigenvalue weighted by atomic mass is 35.5. The van der Waals surface area contributed by atoms with Gasteiger partial charge in [0.05, 0.1) is 14.2 Å². The van der Waals surface area contributed by atoms with E-state index in [2.05, 4.69) is 43.2 Å². The molecule has 1 fully saturated rings. The van der Waals surface area contributed by atoms with Crippen LogP contribution in [0.4, 0.5) is 0 Å². The number of nitrogens with zero attached hydrogens (tertiary/aromatic N) is 1. The molecule has 0 amide bonds. The van der Waals surface area contributed by atoms with E-state index in [0.29, 0.717) is 5.41 Å². The number of hydrogen-bond donors (Lipinski definition) is 1. The van der Waals surface area contributed by atoms with Crippen LogP contribution in [0, 0.1) is 12.3 Å². The number of methoxy groups -OCH3 is 2. The standard InChI is InChI=1S/C17H28N2O2.ClH/c1-13-8-15(20-4)16(21-5)9-14(13)10-19(3)12-17(2)6-7-18-11-17;/h8-9,18H,6-7,10-12H2,1-5H3;1H. The molecular weight excluding hydrogens is 300 g/mol. The SMILES string of the molecule is COc1cc(C)c(CN(C)CC2(C)CCNC2)cc1OC.Cl. The highest BCUT2D eigenvalue weighted by Crippen LogP contribution is 2.31. The lowest BCUT2D eigenvalue weighted by Gasteiger charge is -2.29. The normalized spacial score (nSPS) is 20.8. The van der Waals surface area contributed by atoms with Gasteiger partial charge in [0.1, 0.15) is 0 Å². The molecule has 1 unspecified atom stereocenters. The fraction of sp³-hybridized carbons (Fsp3) is 0.647. The van der Waals surface area contributed by atoms with Gasteiger partial charge in [-0.3, -0.25) is 0 Å². The molecule has 0 bridgehead atoms. The summed E-state index contributed by atoms with van der Waals surface area (Å²) in [6, 6.07) is 4.15. The average Bonchev–Trinajstić information content (AvgIpc) is 2.86. The van der Waals surface area contributed by atoms with Gasteiger partial charge in [0.2, 0.25) is 0 Å². The van der Waals surface area contributed by atoms with Gasteiger partial charge in [-0.25, -0.2) is 0 Å². The zero-order chi connectivity index (χ0) is 15.5. The predicted octanol–water partition coefficient (Wildman–Crippen LogP) is 2.87. The van der Waals surface area contributed by atoms with Crippen LogP contribution >= 0.6 is 12.4 Å². The highest BCUT2D eigenvalue weighted by molar-refractivity contribution is 5.85. The molecule has 0 aromatic heterocycles. The monoisotopic (exact) mass is 328 g/mol. The third kappa shape index (κ3) is 4.51. The third-order valence-electron chi connectivity index (χ3n) is 4.39. The van der Waals surface area contributed by atoms with Gasteiger partial charge in [-0.15, -0.1) is 12.4 Å². The first-order valence-electron chi connectivity index (χ1n) is 7.58. The van der Waals surface area contributed by atoms with Crippen molar-refractivity contribution in [3.05, 3.63) is 23.3 Å². The number of hydrogen-bond acceptors (Lipinski definition) is 4. The van der Waals surface area contributed by atoms with Gasteiger partial charge < -0.3 is 19.7 Å². The van der Waals surface area contributed by atoms with Crippen molar-refractivity contribution >= 4 is 12.4 Å². The Bertz CT molecular complexity index is 488. The number of rotatable bonds is 6. The Morgan fingerprint density at radius 1 is 1.23 bits per heavy atom. The fourth-order valence-electron chi connectivity index (χ4n) is 3.20. The molecule has 1 aliphatic rings. The first kappa shape index (κ1) is 19.1. The van der Waals surface area contributed by atoms with E-state index in [1.54, 1.807) is 14.2 Å². The zero-order valence-corrected chi connectivity index (χ0v) is 15.2. The maximum atomic E-state index is 5.41. The molecule has 0 saturated carbocycles. The number of nitrogens with one attached hydrogen (secondary N) is 1. The minimum Gasteiger partial charge on any atom is -0.493 e. The second-order valence-electron chi connectivity index (χ2n) is 6.54. The molecule has 1 N–H and O–H groups in total. The fourth-order valence-corrected chi connectivity index (χ4v) is 3.20. The summed E-state index contributed by atoms with van der Waals surface area (Å²) in [4.78, 5) is 2.40. The maximum Gasteiger partial charge on any atom is 0.161 e. The van der Waals surface area contributed by atoms with E-state index in [-0.39, 0.29) is 12.4 Å². The van der Waals surface area contributed by atoms with E-state index in [1.165, 1.54) is 17.5 Å². The average molecular weight is 329 g/mol. The number of halogens is 1. The minimum atomic E-state index is 0. The van der Waals surface area contributed by atoms with Gasteiger partial charge in [0, 0.05) is 19.6 Å². The van der Waals surface area contributed by atoms with Crippen LogP contribution in [-0.2, 0) is 6.54 Å². The maximum absolute atomic E-state index is 5.41. The molecule has 2 rings (SSSR count). The lowest BCUT2D eigenvalue weighted by atomic mass is 9.89. The van der Waals surface area contributed by atoms with Crippen molar-refractivity contribution in [1.82, 2.24) is 10.2 Å². The predicted molar refractivity (Wildman–Crippen MR) is 93.5 cm³/mol. The number of ether oxygens (including phenoxy) is 2. The third-order valence-corrected chi connectivity index (χ3v) is 4.39. The summed E-state index contributed by atoms with van der Waals surface area (Å²) in [5.41, 5.74) is 2.93. The summed E-state index contributed by atoms with van der Waals surface area (Å²) < 4.78 is 10.8. The molecule has 1 aromatic rings. The van der Waals surface area contributed by atoms with Gasteiger partial charge >= 0.3 is 0 Å². The summed E-state index contributed by atoms with van der Waals surface area (Å²) >= 11 is 0. The first-order chi connectivity index (χ1) is 9.97. The van der Waals surface area contributed by atoms with E-state index < -0.39 is 0 Å². The quantitative estimate of drug-likeness (QED) is 0.870. The molecule has 126 valence electrons. The van der Waals surface area contributed by atoms with Gasteiger partial charge in [0.15, 0.2) is 11.5 Å². The van der Waals surface area contributed by atoms with E-state index >= 15 is 0 Å². The summed E-state index contributed by atoms with van der Waals surface area (Å²) in [6.07, 6.45) is 1.25. The lowest BCUT2D eigenvalue weighted by Crippen LogP contribution is -2.34. The van der Waals surface area contributed by atoms with E-state index in [1.807, 2.05) is 0 Å². The first-order valence-corrected chi connectivity index (χ1v) is 7.58. The van der Waals surface area contributed by atoms with Crippen molar-refractivity contribution in [3.8, 4) is 11.5 Å². The smallest absolute Gasteiger partial charge is 0.161 e. The molecule has 1 heterocycles. The molecule has 4 nitrogen and oxygen atoms in total. The number of benzene rings is 1. The molecule has 5 heteroatoms. The van der Waals surface area contributed by atoms with Crippen LogP contribution < -0.4 is 14.8 Å². The Morgan fingerprint density at radius 2 is 1.86 bits per heavy atom. The van der Waals surface area contributed by atoms with Gasteiger partial charge in [-0.05, 0) is 55.6 Å². The summed E-state index contributed by atoms with van der Waals surface area (Å²) in [5.74, 6) is 1.61. The summed E-state index contributed by atoms with van der Waals surface area (Å²) in [7, 11) is 5.56. The van der Waals surface area contributed by atoms with Crippen molar-refractivity contribution in [3.63, 3.8) is 0 Å². The van der Waals surface area contributed by atoms with E-state index in [0.717, 1.165) is 37.7 Å². The molecule has 1 saturated heterocycles. The van der Waals surface area contributed by atoms with Gasteiger partial charge in [-0.2, -0.15) is 0 Å². The van der Waals surface area contributed by atoms with Crippen LogP contribution in [0.5, 0.6) is 11.5 Å². The van der Waals surface area contributed by atoms with Crippen molar-refractivity contribution in [2.24, 2.45) is 5.41 Å². The molecule has 22 heavy (non-hydrogen) atoms. The Balaban J connectivity index is 0.00000242. The Morgan fingerprint density at radius 3 is 2.41 bits per heavy atom. The number of aryl methyl sites for hydroxylation is 1. The van der Waals surface area contributed by atoms with Crippen molar-refractivity contribution in [2.75, 3.05) is 40.9 Å². The molecule has 0 radical (unpaired) electrons. The molecule has 0 spiro atoms. The molecule has 1 aromatic carbocycles. The van der Waals surface area contributed by atoms with Gasteiger partial charge in [-0.1, -0.05) is 6.92 Å². The van der Waals surface area contributed by atoms with Crippen molar-refractivity contribution in [2.45, 2.75) is 26.8 Å². The molecule has 0 aliphatic carbocycles. The van der Waals surface area contributed by atoms with Crippen molar-refractivity contribution < 1.29 is 9.47 Å². The van der Waals surface area contributed by atoms with Crippen LogP contribution in [0.15, 0.2) is 12.1 Å². The lowest BCUT2D eigenvalue weighted by molar-refractivity contribution is 0.203. The largest absolute Gasteiger partial charge is 0.493 e. The van der Waals surface area contributed by atoms with Crippen LogP contribution in [0.1, 0.15) is 24.5 Å². The molecule has 1 aliphatic heterocycles.